The molecule has 0 atom stereocenters. The Morgan fingerprint density at radius 2 is 2.20 bits per heavy atom. The van der Waals surface area contributed by atoms with Gasteiger partial charge in [-0.1, -0.05) is 17.7 Å². The second-order valence-electron chi connectivity index (χ2n) is 3.90. The number of carbonyl (C=O) groups is 2. The van der Waals surface area contributed by atoms with Gasteiger partial charge in [0.05, 0.1) is 17.2 Å². The molecule has 0 bridgehead atoms. The molecule has 0 aliphatic carbocycles. The molecule has 4 nitrogen and oxygen atoms in total. The first kappa shape index (κ1) is 16.2. The van der Waals surface area contributed by atoms with Crippen molar-refractivity contribution in [3.05, 3.63) is 47.3 Å². The summed E-state index contributed by atoms with van der Waals surface area (Å²) in [6.07, 6.45) is 1.48. The first-order chi connectivity index (χ1) is 9.49. The lowest BCUT2D eigenvalue weighted by molar-refractivity contribution is -0.143. The molecule has 0 aromatic heterocycles. The molecule has 20 heavy (non-hydrogen) atoms. The van der Waals surface area contributed by atoms with Crippen LogP contribution in [0.15, 0.2) is 30.9 Å². The first-order valence-corrected chi connectivity index (χ1v) is 6.38. The maximum atomic E-state index is 13.0. The molecule has 1 amide bonds. The molecule has 0 saturated heterocycles. The Balaban J connectivity index is 2.93. The minimum Gasteiger partial charge on any atom is -0.465 e. The highest BCUT2D eigenvalue weighted by Crippen LogP contribution is 2.19. The fourth-order valence-corrected chi connectivity index (χ4v) is 1.82. The van der Waals surface area contributed by atoms with Gasteiger partial charge in [-0.3, -0.25) is 9.59 Å². The number of carbonyl (C=O) groups excluding carboxylic acids is 2. The van der Waals surface area contributed by atoms with Gasteiger partial charge < -0.3 is 9.64 Å². The molecule has 0 radical (unpaired) electrons. The summed E-state index contributed by atoms with van der Waals surface area (Å²) in [4.78, 5) is 25.0. The lowest BCUT2D eigenvalue weighted by Gasteiger charge is -2.20. The number of amides is 1. The normalized spacial score (nSPS) is 9.95. The molecule has 6 heteroatoms. The Bertz CT molecular complexity index is 519. The van der Waals surface area contributed by atoms with Gasteiger partial charge in [0.15, 0.2) is 0 Å². The third-order valence-corrected chi connectivity index (χ3v) is 2.74. The molecule has 0 heterocycles. The predicted molar refractivity (Wildman–Crippen MR) is 74.1 cm³/mol. The smallest absolute Gasteiger partial charge is 0.325 e. The number of rotatable bonds is 6. The average Bonchev–Trinajstić information content (AvgIpc) is 2.38. The van der Waals surface area contributed by atoms with Crippen LogP contribution in [0.4, 0.5) is 4.39 Å². The van der Waals surface area contributed by atoms with Crippen LogP contribution in [0, 0.1) is 5.82 Å². The number of hydrogen-bond acceptors (Lipinski definition) is 3. The predicted octanol–water partition coefficient (Wildman–Crippen LogP) is 2.67. The van der Waals surface area contributed by atoms with Crippen molar-refractivity contribution in [2.75, 3.05) is 19.7 Å². The number of halogens is 2. The topological polar surface area (TPSA) is 46.6 Å². The van der Waals surface area contributed by atoms with Crippen molar-refractivity contribution in [1.82, 2.24) is 4.90 Å². The Morgan fingerprint density at radius 1 is 1.50 bits per heavy atom. The van der Waals surface area contributed by atoms with Crippen LogP contribution in [0.2, 0.25) is 5.02 Å². The van der Waals surface area contributed by atoms with Crippen molar-refractivity contribution >= 4 is 23.5 Å². The second kappa shape index (κ2) is 7.65. The lowest BCUT2D eigenvalue weighted by atomic mass is 10.2. The Labute approximate surface area is 121 Å². The molecule has 108 valence electrons. The molecule has 1 aromatic carbocycles. The van der Waals surface area contributed by atoms with Crippen LogP contribution < -0.4 is 0 Å². The first-order valence-electron chi connectivity index (χ1n) is 6.00. The van der Waals surface area contributed by atoms with Crippen LogP contribution >= 0.6 is 11.6 Å². The minimum absolute atomic E-state index is 0.00655. The summed E-state index contributed by atoms with van der Waals surface area (Å²) in [7, 11) is 0. The van der Waals surface area contributed by atoms with E-state index in [1.54, 1.807) is 6.92 Å². The molecule has 0 fully saturated rings. The largest absolute Gasteiger partial charge is 0.465 e. The molecule has 0 aliphatic heterocycles. The number of ether oxygens (including phenoxy) is 1. The molecule has 0 unspecified atom stereocenters. The highest BCUT2D eigenvalue weighted by atomic mass is 35.5. The Hall–Kier alpha value is -1.88. The summed E-state index contributed by atoms with van der Waals surface area (Å²) < 4.78 is 17.8. The number of benzene rings is 1. The molecule has 1 rings (SSSR count). The molecule has 0 aliphatic rings. The molecule has 1 aromatic rings. The van der Waals surface area contributed by atoms with E-state index in [4.69, 9.17) is 16.3 Å². The summed E-state index contributed by atoms with van der Waals surface area (Å²) in [5.41, 5.74) is 0.124. The van der Waals surface area contributed by atoms with Gasteiger partial charge in [0.2, 0.25) is 0 Å². The van der Waals surface area contributed by atoms with Crippen LogP contribution in [-0.2, 0) is 9.53 Å². The summed E-state index contributed by atoms with van der Waals surface area (Å²) in [6.45, 7) is 5.37. The van der Waals surface area contributed by atoms with Crippen molar-refractivity contribution in [1.29, 1.82) is 0 Å². The van der Waals surface area contributed by atoms with Crippen molar-refractivity contribution in [3.63, 3.8) is 0 Å². The van der Waals surface area contributed by atoms with Gasteiger partial charge in [-0.2, -0.15) is 0 Å². The van der Waals surface area contributed by atoms with Gasteiger partial charge >= 0.3 is 5.97 Å². The fraction of sp³-hybridized carbons (Fsp3) is 0.286. The van der Waals surface area contributed by atoms with Gasteiger partial charge in [0.1, 0.15) is 12.4 Å². The maximum Gasteiger partial charge on any atom is 0.325 e. The quantitative estimate of drug-likeness (QED) is 0.599. The molecule has 0 N–H and O–H groups in total. The molecular formula is C14H15ClFNO3. The third-order valence-electron chi connectivity index (χ3n) is 2.42. The van der Waals surface area contributed by atoms with Crippen molar-refractivity contribution in [2.24, 2.45) is 0 Å². The van der Waals surface area contributed by atoms with Gasteiger partial charge in [-0.25, -0.2) is 4.39 Å². The zero-order valence-corrected chi connectivity index (χ0v) is 11.8. The van der Waals surface area contributed by atoms with E-state index >= 15 is 0 Å². The van der Waals surface area contributed by atoms with Crippen LogP contribution in [-0.4, -0.2) is 36.5 Å². The third kappa shape index (κ3) is 4.35. The van der Waals surface area contributed by atoms with E-state index in [1.165, 1.54) is 17.0 Å². The Morgan fingerprint density at radius 3 is 2.75 bits per heavy atom. The number of hydrogen-bond donors (Lipinski definition) is 0. The molecule has 0 spiro atoms. The average molecular weight is 300 g/mol. The standard InChI is InChI=1S/C14H15ClFNO3/c1-3-7-17(9-13(18)20-4-2)14(19)11-6-5-10(16)8-12(11)15/h3,5-6,8H,1,4,7,9H2,2H3. The number of esters is 1. The van der Waals surface area contributed by atoms with Gasteiger partial charge in [-0.15, -0.1) is 6.58 Å². The summed E-state index contributed by atoms with van der Waals surface area (Å²) in [5, 5.41) is -0.00655. The number of nitrogens with zero attached hydrogens (tertiary/aromatic N) is 1. The molecular weight excluding hydrogens is 285 g/mol. The maximum absolute atomic E-state index is 13.0. The SMILES string of the molecule is C=CCN(CC(=O)OCC)C(=O)c1ccc(F)cc1Cl. The highest BCUT2D eigenvalue weighted by molar-refractivity contribution is 6.33. The second-order valence-corrected chi connectivity index (χ2v) is 4.31. The van der Waals surface area contributed by atoms with E-state index in [2.05, 4.69) is 6.58 Å². The monoisotopic (exact) mass is 299 g/mol. The van der Waals surface area contributed by atoms with Crippen molar-refractivity contribution in [3.8, 4) is 0 Å². The Kier molecular flexibility index (Phi) is 6.18. The molecule has 0 saturated carbocycles. The van der Waals surface area contributed by atoms with Crippen LogP contribution in [0.25, 0.3) is 0 Å². The van der Waals surface area contributed by atoms with E-state index in [0.29, 0.717) is 0 Å². The van der Waals surface area contributed by atoms with Gasteiger partial charge in [0, 0.05) is 6.54 Å². The lowest BCUT2D eigenvalue weighted by Crippen LogP contribution is -2.36. The van der Waals surface area contributed by atoms with E-state index < -0.39 is 17.7 Å². The van der Waals surface area contributed by atoms with Crippen LogP contribution in [0.1, 0.15) is 17.3 Å². The zero-order valence-electron chi connectivity index (χ0n) is 11.1. The van der Waals surface area contributed by atoms with E-state index in [-0.39, 0.29) is 30.3 Å². The summed E-state index contributed by atoms with van der Waals surface area (Å²) in [6, 6.07) is 3.46. The van der Waals surface area contributed by atoms with E-state index in [1.807, 2.05) is 0 Å². The zero-order chi connectivity index (χ0) is 15.1. The van der Waals surface area contributed by atoms with E-state index in [0.717, 1.165) is 12.1 Å². The van der Waals surface area contributed by atoms with Crippen molar-refractivity contribution < 1.29 is 18.7 Å². The van der Waals surface area contributed by atoms with E-state index in [9.17, 15) is 14.0 Å². The fourth-order valence-electron chi connectivity index (χ4n) is 1.57. The summed E-state index contributed by atoms with van der Waals surface area (Å²) >= 11 is 5.84. The van der Waals surface area contributed by atoms with Crippen LogP contribution in [0.5, 0.6) is 0 Å². The highest BCUT2D eigenvalue weighted by Gasteiger charge is 2.20. The van der Waals surface area contributed by atoms with Crippen LogP contribution in [0.3, 0.4) is 0 Å². The van der Waals surface area contributed by atoms with Gasteiger partial charge in [0.25, 0.3) is 5.91 Å². The minimum atomic E-state index is -0.535. The summed E-state index contributed by atoms with van der Waals surface area (Å²) in [5.74, 6) is -1.55. The van der Waals surface area contributed by atoms with Crippen molar-refractivity contribution in [2.45, 2.75) is 6.92 Å². The van der Waals surface area contributed by atoms with Gasteiger partial charge in [-0.05, 0) is 25.1 Å².